The van der Waals surface area contributed by atoms with Crippen molar-refractivity contribution in [2.24, 2.45) is 5.92 Å². The Bertz CT molecular complexity index is 245. The van der Waals surface area contributed by atoms with E-state index >= 15 is 0 Å². The van der Waals surface area contributed by atoms with Gasteiger partial charge in [0, 0.05) is 25.7 Å². The molecule has 1 heterocycles. The molecule has 1 aliphatic heterocycles. The lowest BCUT2D eigenvalue weighted by atomic mass is 10.1. The number of nitrogens with zero attached hydrogens (tertiary/aromatic N) is 1. The SMILES string of the molecule is CC(C)CN(CCCOC1CCNCC1)C1CCCC1. The molecule has 0 aromatic rings. The van der Waals surface area contributed by atoms with E-state index in [2.05, 4.69) is 24.1 Å². The summed E-state index contributed by atoms with van der Waals surface area (Å²) in [6.07, 6.45) is 9.81. The van der Waals surface area contributed by atoms with E-state index in [9.17, 15) is 0 Å². The molecule has 2 aliphatic rings. The highest BCUT2D eigenvalue weighted by molar-refractivity contribution is 4.78. The third-order valence-electron chi connectivity index (χ3n) is 4.67. The summed E-state index contributed by atoms with van der Waals surface area (Å²) in [5.41, 5.74) is 0. The molecule has 0 aromatic carbocycles. The molecule has 0 aromatic heterocycles. The summed E-state index contributed by atoms with van der Waals surface area (Å²) in [7, 11) is 0. The topological polar surface area (TPSA) is 24.5 Å². The Morgan fingerprint density at radius 1 is 1.10 bits per heavy atom. The van der Waals surface area contributed by atoms with Gasteiger partial charge < -0.3 is 15.0 Å². The fraction of sp³-hybridized carbons (Fsp3) is 1.00. The first-order chi connectivity index (χ1) is 9.75. The number of hydrogen-bond donors (Lipinski definition) is 1. The van der Waals surface area contributed by atoms with Crippen molar-refractivity contribution >= 4 is 0 Å². The Balaban J connectivity index is 1.62. The molecule has 2 rings (SSSR count). The van der Waals surface area contributed by atoms with E-state index < -0.39 is 0 Å². The smallest absolute Gasteiger partial charge is 0.0599 e. The minimum Gasteiger partial charge on any atom is -0.378 e. The molecule has 3 heteroatoms. The number of nitrogens with one attached hydrogen (secondary N) is 1. The van der Waals surface area contributed by atoms with Crippen LogP contribution in [0, 0.1) is 5.92 Å². The molecule has 2 fully saturated rings. The molecule has 0 amide bonds. The Kier molecular flexibility index (Phi) is 7.32. The molecule has 0 bridgehead atoms. The van der Waals surface area contributed by atoms with E-state index in [4.69, 9.17) is 4.74 Å². The molecule has 1 aliphatic carbocycles. The van der Waals surface area contributed by atoms with Crippen molar-refractivity contribution in [1.82, 2.24) is 10.2 Å². The van der Waals surface area contributed by atoms with Crippen LogP contribution in [0.25, 0.3) is 0 Å². The zero-order valence-corrected chi connectivity index (χ0v) is 13.6. The van der Waals surface area contributed by atoms with Gasteiger partial charge in [-0.1, -0.05) is 26.7 Å². The second kappa shape index (κ2) is 9.01. The lowest BCUT2D eigenvalue weighted by Gasteiger charge is -2.31. The van der Waals surface area contributed by atoms with Gasteiger partial charge in [0.15, 0.2) is 0 Å². The molecule has 1 N–H and O–H groups in total. The third-order valence-corrected chi connectivity index (χ3v) is 4.67. The van der Waals surface area contributed by atoms with Gasteiger partial charge in [-0.25, -0.2) is 0 Å². The van der Waals surface area contributed by atoms with Crippen LogP contribution in [0.2, 0.25) is 0 Å². The Morgan fingerprint density at radius 2 is 1.80 bits per heavy atom. The highest BCUT2D eigenvalue weighted by Crippen LogP contribution is 2.24. The molecule has 118 valence electrons. The number of rotatable bonds is 8. The van der Waals surface area contributed by atoms with Gasteiger partial charge in [-0.3, -0.25) is 0 Å². The molecular formula is C17H34N2O. The first kappa shape index (κ1) is 16.3. The van der Waals surface area contributed by atoms with E-state index in [0.29, 0.717) is 6.10 Å². The van der Waals surface area contributed by atoms with Crippen molar-refractivity contribution in [3.05, 3.63) is 0 Å². The molecule has 0 spiro atoms. The second-order valence-corrected chi connectivity index (χ2v) is 7.00. The second-order valence-electron chi connectivity index (χ2n) is 7.00. The minimum atomic E-state index is 0.515. The van der Waals surface area contributed by atoms with E-state index in [1.165, 1.54) is 58.0 Å². The van der Waals surface area contributed by atoms with Crippen molar-refractivity contribution in [2.45, 2.75) is 70.9 Å². The van der Waals surface area contributed by atoms with Gasteiger partial charge in [0.25, 0.3) is 0 Å². The van der Waals surface area contributed by atoms with Crippen LogP contribution in [0.5, 0.6) is 0 Å². The van der Waals surface area contributed by atoms with Crippen LogP contribution in [0.4, 0.5) is 0 Å². The standard InChI is InChI=1S/C17H34N2O/c1-15(2)14-19(16-6-3-4-7-16)12-5-13-20-17-8-10-18-11-9-17/h15-18H,3-14H2,1-2H3. The van der Waals surface area contributed by atoms with Gasteiger partial charge in [-0.05, 0) is 51.1 Å². The summed E-state index contributed by atoms with van der Waals surface area (Å²) in [6.45, 7) is 10.4. The zero-order valence-electron chi connectivity index (χ0n) is 13.6. The maximum atomic E-state index is 6.03. The monoisotopic (exact) mass is 282 g/mol. The molecule has 1 saturated heterocycles. The summed E-state index contributed by atoms with van der Waals surface area (Å²) < 4.78 is 6.03. The van der Waals surface area contributed by atoms with Crippen LogP contribution in [0.3, 0.4) is 0 Å². The number of ether oxygens (including phenoxy) is 1. The van der Waals surface area contributed by atoms with Gasteiger partial charge in [-0.2, -0.15) is 0 Å². The molecule has 3 nitrogen and oxygen atoms in total. The van der Waals surface area contributed by atoms with Crippen LogP contribution in [0.1, 0.15) is 58.8 Å². The van der Waals surface area contributed by atoms with E-state index in [1.807, 2.05) is 0 Å². The van der Waals surface area contributed by atoms with Gasteiger partial charge in [0.05, 0.1) is 6.10 Å². The lowest BCUT2D eigenvalue weighted by Crippen LogP contribution is -2.38. The normalized spacial score (nSPS) is 22.2. The molecule has 0 radical (unpaired) electrons. The Labute approximate surface area is 125 Å². The highest BCUT2D eigenvalue weighted by atomic mass is 16.5. The average Bonchev–Trinajstić information content (AvgIpc) is 2.97. The van der Waals surface area contributed by atoms with Crippen LogP contribution in [0.15, 0.2) is 0 Å². The maximum absolute atomic E-state index is 6.03. The largest absolute Gasteiger partial charge is 0.378 e. The fourth-order valence-corrected chi connectivity index (χ4v) is 3.64. The van der Waals surface area contributed by atoms with Crippen molar-refractivity contribution in [3.8, 4) is 0 Å². The molecule has 0 atom stereocenters. The Morgan fingerprint density at radius 3 is 2.45 bits per heavy atom. The molecular weight excluding hydrogens is 248 g/mol. The Hall–Kier alpha value is -0.120. The van der Waals surface area contributed by atoms with Crippen molar-refractivity contribution in [2.75, 3.05) is 32.8 Å². The van der Waals surface area contributed by atoms with E-state index in [0.717, 1.165) is 31.7 Å². The lowest BCUT2D eigenvalue weighted by molar-refractivity contribution is 0.0252. The van der Waals surface area contributed by atoms with Crippen LogP contribution in [-0.4, -0.2) is 49.8 Å². The zero-order chi connectivity index (χ0) is 14.2. The van der Waals surface area contributed by atoms with Gasteiger partial charge in [-0.15, -0.1) is 0 Å². The maximum Gasteiger partial charge on any atom is 0.0599 e. The van der Waals surface area contributed by atoms with Crippen molar-refractivity contribution < 1.29 is 4.74 Å². The summed E-state index contributed by atoms with van der Waals surface area (Å²) in [5.74, 6) is 0.779. The number of piperidine rings is 1. The van der Waals surface area contributed by atoms with Gasteiger partial charge in [0.2, 0.25) is 0 Å². The van der Waals surface area contributed by atoms with Gasteiger partial charge >= 0.3 is 0 Å². The summed E-state index contributed by atoms with van der Waals surface area (Å²) in [4.78, 5) is 2.74. The number of hydrogen-bond acceptors (Lipinski definition) is 3. The molecule has 0 unspecified atom stereocenters. The predicted octanol–water partition coefficient (Wildman–Crippen LogP) is 3.05. The quantitative estimate of drug-likeness (QED) is 0.693. The van der Waals surface area contributed by atoms with Crippen LogP contribution < -0.4 is 5.32 Å². The fourth-order valence-electron chi connectivity index (χ4n) is 3.64. The van der Waals surface area contributed by atoms with Gasteiger partial charge in [0.1, 0.15) is 0 Å². The van der Waals surface area contributed by atoms with Crippen molar-refractivity contribution in [3.63, 3.8) is 0 Å². The highest BCUT2D eigenvalue weighted by Gasteiger charge is 2.22. The first-order valence-corrected chi connectivity index (χ1v) is 8.82. The summed E-state index contributed by atoms with van der Waals surface area (Å²) in [5, 5.41) is 3.39. The van der Waals surface area contributed by atoms with Crippen molar-refractivity contribution in [1.29, 1.82) is 0 Å². The van der Waals surface area contributed by atoms with Crippen LogP contribution in [-0.2, 0) is 4.74 Å². The minimum absolute atomic E-state index is 0.515. The van der Waals surface area contributed by atoms with E-state index in [1.54, 1.807) is 0 Å². The summed E-state index contributed by atoms with van der Waals surface area (Å²) in [6, 6.07) is 0.858. The third kappa shape index (κ3) is 5.71. The first-order valence-electron chi connectivity index (χ1n) is 8.82. The molecule has 20 heavy (non-hydrogen) atoms. The summed E-state index contributed by atoms with van der Waals surface area (Å²) >= 11 is 0. The molecule has 1 saturated carbocycles. The van der Waals surface area contributed by atoms with Crippen LogP contribution >= 0.6 is 0 Å². The van der Waals surface area contributed by atoms with E-state index in [-0.39, 0.29) is 0 Å². The predicted molar refractivity (Wildman–Crippen MR) is 85.1 cm³/mol. The average molecular weight is 282 g/mol.